The van der Waals surface area contributed by atoms with Crippen LogP contribution in [-0.2, 0) is 11.3 Å². The van der Waals surface area contributed by atoms with Crippen LogP contribution in [0.1, 0.15) is 23.1 Å². The summed E-state index contributed by atoms with van der Waals surface area (Å²) in [5, 5.41) is 15.6. The molecule has 0 aliphatic carbocycles. The molecule has 2 heterocycles. The third-order valence-corrected chi connectivity index (χ3v) is 4.38. The summed E-state index contributed by atoms with van der Waals surface area (Å²) in [5.74, 6) is -0.202. The van der Waals surface area contributed by atoms with E-state index in [1.165, 1.54) is 11.3 Å². The SMILES string of the molecule is O=C(CC(O)c1ccccc1)NCc1nc(-c2ccncc2)cs1. The van der Waals surface area contributed by atoms with E-state index >= 15 is 0 Å². The van der Waals surface area contributed by atoms with Crippen molar-refractivity contribution >= 4 is 17.2 Å². The molecular formula is C18H17N3O2S. The molecule has 2 N–H and O–H groups in total. The molecule has 0 aliphatic rings. The van der Waals surface area contributed by atoms with Crippen LogP contribution in [0, 0.1) is 0 Å². The van der Waals surface area contributed by atoms with Crippen molar-refractivity contribution < 1.29 is 9.90 Å². The fourth-order valence-electron chi connectivity index (χ4n) is 2.26. The minimum absolute atomic E-state index is 0.0343. The number of pyridine rings is 1. The fraction of sp³-hybridized carbons (Fsp3) is 0.167. The quantitative estimate of drug-likeness (QED) is 0.724. The first-order valence-corrected chi connectivity index (χ1v) is 8.45. The van der Waals surface area contributed by atoms with Gasteiger partial charge in [-0.05, 0) is 17.7 Å². The highest BCUT2D eigenvalue weighted by Crippen LogP contribution is 2.21. The van der Waals surface area contributed by atoms with E-state index < -0.39 is 6.10 Å². The number of aliphatic hydroxyl groups excluding tert-OH is 1. The predicted octanol–water partition coefficient (Wildman–Crippen LogP) is 2.95. The van der Waals surface area contributed by atoms with Crippen molar-refractivity contribution in [1.82, 2.24) is 15.3 Å². The van der Waals surface area contributed by atoms with Crippen LogP contribution in [0.5, 0.6) is 0 Å². The molecule has 24 heavy (non-hydrogen) atoms. The zero-order valence-electron chi connectivity index (χ0n) is 12.9. The second kappa shape index (κ2) is 7.81. The fourth-order valence-corrected chi connectivity index (χ4v) is 3.01. The summed E-state index contributed by atoms with van der Waals surface area (Å²) >= 11 is 1.49. The van der Waals surface area contributed by atoms with Gasteiger partial charge in [0.2, 0.25) is 5.91 Å². The molecule has 122 valence electrons. The lowest BCUT2D eigenvalue weighted by atomic mass is 10.1. The van der Waals surface area contributed by atoms with Gasteiger partial charge in [0.1, 0.15) is 5.01 Å². The van der Waals surface area contributed by atoms with Gasteiger partial charge >= 0.3 is 0 Å². The Labute approximate surface area is 144 Å². The lowest BCUT2D eigenvalue weighted by Crippen LogP contribution is -2.24. The van der Waals surface area contributed by atoms with E-state index in [-0.39, 0.29) is 12.3 Å². The molecule has 0 saturated heterocycles. The van der Waals surface area contributed by atoms with Gasteiger partial charge in [-0.3, -0.25) is 9.78 Å². The number of carbonyl (C=O) groups excluding carboxylic acids is 1. The van der Waals surface area contributed by atoms with Crippen molar-refractivity contribution in [2.45, 2.75) is 19.1 Å². The van der Waals surface area contributed by atoms with E-state index in [1.807, 2.05) is 35.7 Å². The second-order valence-corrected chi connectivity index (χ2v) is 6.21. The molecule has 0 saturated carbocycles. The predicted molar refractivity (Wildman–Crippen MR) is 93.2 cm³/mol. The monoisotopic (exact) mass is 339 g/mol. The third-order valence-electron chi connectivity index (χ3n) is 3.53. The molecular weight excluding hydrogens is 322 g/mol. The molecule has 0 radical (unpaired) electrons. The molecule has 1 amide bonds. The van der Waals surface area contributed by atoms with Crippen molar-refractivity contribution in [3.05, 3.63) is 70.8 Å². The second-order valence-electron chi connectivity index (χ2n) is 5.27. The van der Waals surface area contributed by atoms with Crippen LogP contribution in [-0.4, -0.2) is 21.0 Å². The number of nitrogens with zero attached hydrogens (tertiary/aromatic N) is 2. The van der Waals surface area contributed by atoms with Crippen molar-refractivity contribution in [2.75, 3.05) is 0 Å². The average Bonchev–Trinajstić information content (AvgIpc) is 3.10. The summed E-state index contributed by atoms with van der Waals surface area (Å²) in [6.45, 7) is 0.357. The van der Waals surface area contributed by atoms with Gasteiger partial charge in [0.15, 0.2) is 0 Å². The maximum atomic E-state index is 12.0. The zero-order valence-corrected chi connectivity index (χ0v) is 13.7. The Morgan fingerprint density at radius 3 is 2.67 bits per heavy atom. The van der Waals surface area contributed by atoms with E-state index in [9.17, 15) is 9.90 Å². The Morgan fingerprint density at radius 1 is 1.17 bits per heavy atom. The molecule has 5 nitrogen and oxygen atoms in total. The van der Waals surface area contributed by atoms with Crippen LogP contribution in [0.15, 0.2) is 60.2 Å². The Bertz CT molecular complexity index is 790. The topological polar surface area (TPSA) is 75.1 Å². The van der Waals surface area contributed by atoms with Gasteiger partial charge in [-0.1, -0.05) is 30.3 Å². The van der Waals surface area contributed by atoms with Crippen LogP contribution >= 0.6 is 11.3 Å². The molecule has 0 fully saturated rings. The van der Waals surface area contributed by atoms with Crippen LogP contribution in [0.2, 0.25) is 0 Å². The summed E-state index contributed by atoms with van der Waals surface area (Å²) in [6, 6.07) is 13.0. The molecule has 6 heteroatoms. The number of hydrogen-bond acceptors (Lipinski definition) is 5. The Morgan fingerprint density at radius 2 is 1.92 bits per heavy atom. The summed E-state index contributed by atoms with van der Waals surface area (Å²) in [5.41, 5.74) is 2.61. The number of aliphatic hydroxyl groups is 1. The molecule has 3 aromatic rings. The van der Waals surface area contributed by atoms with Gasteiger partial charge in [-0.25, -0.2) is 4.98 Å². The molecule has 0 aliphatic heterocycles. The van der Waals surface area contributed by atoms with E-state index in [4.69, 9.17) is 0 Å². The van der Waals surface area contributed by atoms with Gasteiger partial charge in [-0.15, -0.1) is 11.3 Å². The minimum Gasteiger partial charge on any atom is -0.388 e. The van der Waals surface area contributed by atoms with Crippen LogP contribution in [0.25, 0.3) is 11.3 Å². The maximum absolute atomic E-state index is 12.0. The molecule has 1 unspecified atom stereocenters. The van der Waals surface area contributed by atoms with Crippen molar-refractivity contribution in [3.63, 3.8) is 0 Å². The summed E-state index contributed by atoms with van der Waals surface area (Å²) in [7, 11) is 0. The first-order chi connectivity index (χ1) is 11.7. The Hall–Kier alpha value is -2.57. The lowest BCUT2D eigenvalue weighted by molar-refractivity contribution is -0.123. The number of thiazole rings is 1. The summed E-state index contributed by atoms with van der Waals surface area (Å²) < 4.78 is 0. The van der Waals surface area contributed by atoms with Gasteiger partial charge in [-0.2, -0.15) is 0 Å². The Kier molecular flexibility index (Phi) is 5.30. The van der Waals surface area contributed by atoms with Crippen LogP contribution < -0.4 is 5.32 Å². The summed E-state index contributed by atoms with van der Waals surface area (Å²) in [6.07, 6.45) is 2.68. The first-order valence-electron chi connectivity index (χ1n) is 7.57. The number of nitrogens with one attached hydrogen (secondary N) is 1. The van der Waals surface area contributed by atoms with E-state index in [1.54, 1.807) is 24.5 Å². The third kappa shape index (κ3) is 4.24. The Balaban J connectivity index is 1.53. The van der Waals surface area contributed by atoms with Gasteiger partial charge in [0, 0.05) is 23.3 Å². The number of amides is 1. The zero-order chi connectivity index (χ0) is 16.8. The number of hydrogen-bond donors (Lipinski definition) is 2. The summed E-state index contributed by atoms with van der Waals surface area (Å²) in [4.78, 5) is 20.5. The standard InChI is InChI=1S/C18H17N3O2S/c22-16(14-4-2-1-3-5-14)10-17(23)20-11-18-21-15(12-24-18)13-6-8-19-9-7-13/h1-9,12,16,22H,10-11H2,(H,20,23). The van der Waals surface area contributed by atoms with E-state index in [2.05, 4.69) is 15.3 Å². The van der Waals surface area contributed by atoms with Gasteiger partial charge in [0.05, 0.1) is 24.8 Å². The molecule has 0 bridgehead atoms. The molecule has 1 atom stereocenters. The molecule has 1 aromatic carbocycles. The van der Waals surface area contributed by atoms with Gasteiger partial charge in [0.25, 0.3) is 0 Å². The van der Waals surface area contributed by atoms with Crippen LogP contribution in [0.4, 0.5) is 0 Å². The van der Waals surface area contributed by atoms with Crippen molar-refractivity contribution in [1.29, 1.82) is 0 Å². The highest BCUT2D eigenvalue weighted by Gasteiger charge is 2.13. The lowest BCUT2D eigenvalue weighted by Gasteiger charge is -2.10. The van der Waals surface area contributed by atoms with E-state index in [0.29, 0.717) is 6.54 Å². The van der Waals surface area contributed by atoms with Crippen molar-refractivity contribution in [3.8, 4) is 11.3 Å². The molecule has 2 aromatic heterocycles. The van der Waals surface area contributed by atoms with E-state index in [0.717, 1.165) is 21.8 Å². The smallest absolute Gasteiger partial charge is 0.223 e. The first kappa shape index (κ1) is 16.3. The maximum Gasteiger partial charge on any atom is 0.223 e. The highest BCUT2D eigenvalue weighted by molar-refractivity contribution is 7.09. The normalized spacial score (nSPS) is 11.9. The molecule has 3 rings (SSSR count). The largest absolute Gasteiger partial charge is 0.388 e. The number of aromatic nitrogens is 2. The number of carbonyl (C=O) groups is 1. The van der Waals surface area contributed by atoms with Crippen molar-refractivity contribution in [2.24, 2.45) is 0 Å². The number of benzene rings is 1. The highest BCUT2D eigenvalue weighted by atomic mass is 32.1. The molecule has 0 spiro atoms. The van der Waals surface area contributed by atoms with Crippen LogP contribution in [0.3, 0.4) is 0 Å². The van der Waals surface area contributed by atoms with Gasteiger partial charge < -0.3 is 10.4 Å². The minimum atomic E-state index is -0.796. The average molecular weight is 339 g/mol. The number of rotatable bonds is 6.